The van der Waals surface area contributed by atoms with E-state index in [2.05, 4.69) is 29.0 Å². The van der Waals surface area contributed by atoms with E-state index in [9.17, 15) is 13.6 Å². The largest absolute Gasteiger partial charge is 0.441 e. The number of halogens is 2. The van der Waals surface area contributed by atoms with Gasteiger partial charge in [-0.1, -0.05) is 20.3 Å². The summed E-state index contributed by atoms with van der Waals surface area (Å²) in [6.45, 7) is 6.01. The number of cyclic esters (lactones) is 1. The summed E-state index contributed by atoms with van der Waals surface area (Å²) in [6, 6.07) is 4.74. The molecule has 0 radical (unpaired) electrons. The predicted octanol–water partition coefficient (Wildman–Crippen LogP) is 5.97. The Kier molecular flexibility index (Phi) is 5.47. The van der Waals surface area contributed by atoms with Crippen molar-refractivity contribution in [3.05, 3.63) is 35.5 Å². The maximum absolute atomic E-state index is 13.9. The van der Waals surface area contributed by atoms with Crippen molar-refractivity contribution in [1.82, 2.24) is 9.97 Å². The van der Waals surface area contributed by atoms with Crippen molar-refractivity contribution in [3.8, 4) is 11.3 Å². The number of carbonyl (C=O) groups is 1. The number of pyridine rings is 2. The van der Waals surface area contributed by atoms with Gasteiger partial charge in [0, 0.05) is 41.9 Å². The van der Waals surface area contributed by atoms with Gasteiger partial charge < -0.3 is 9.64 Å². The standard InChI is InChI=1S/C24H28F2N4O2/c1-13-7-9-30(12-14(13)2)19-11-16(22(25)26)10-18(28-19)17-6-8-27-23-20(17)21(15-4-3-5-15)32-24(31)29-23/h6,8,10-11,13-15,21-22H,3-5,7,9,12H2,1-2H3,(H,27,29,31)/t13?,14-,21?/m0/s1. The van der Waals surface area contributed by atoms with Gasteiger partial charge in [-0.3, -0.25) is 5.32 Å². The van der Waals surface area contributed by atoms with Crippen LogP contribution < -0.4 is 10.2 Å². The van der Waals surface area contributed by atoms with Crippen LogP contribution in [-0.2, 0) is 4.74 Å². The number of nitrogens with one attached hydrogen (secondary N) is 1. The third kappa shape index (κ3) is 3.80. The molecule has 2 aromatic rings. The van der Waals surface area contributed by atoms with Crippen LogP contribution in [0.25, 0.3) is 11.3 Å². The van der Waals surface area contributed by atoms with Crippen LogP contribution in [0, 0.1) is 17.8 Å². The third-order valence-corrected chi connectivity index (χ3v) is 7.33. The van der Waals surface area contributed by atoms with Crippen LogP contribution in [-0.4, -0.2) is 29.2 Å². The van der Waals surface area contributed by atoms with Crippen molar-refractivity contribution >= 4 is 17.7 Å². The van der Waals surface area contributed by atoms with Crippen LogP contribution in [0.1, 0.15) is 63.2 Å². The Morgan fingerprint density at radius 3 is 2.69 bits per heavy atom. The highest BCUT2D eigenvalue weighted by atomic mass is 19.3. The molecule has 170 valence electrons. The number of piperidine rings is 1. The van der Waals surface area contributed by atoms with E-state index in [0.29, 0.717) is 34.7 Å². The van der Waals surface area contributed by atoms with E-state index < -0.39 is 18.6 Å². The second-order valence-corrected chi connectivity index (χ2v) is 9.40. The molecule has 2 fully saturated rings. The smallest absolute Gasteiger partial charge is 0.413 e. The van der Waals surface area contributed by atoms with Crippen molar-refractivity contribution < 1.29 is 18.3 Å². The summed E-state index contributed by atoms with van der Waals surface area (Å²) in [5.41, 5.74) is 1.84. The topological polar surface area (TPSA) is 67.4 Å². The molecule has 5 rings (SSSR count). The van der Waals surface area contributed by atoms with Crippen LogP contribution in [0.15, 0.2) is 24.4 Å². The van der Waals surface area contributed by atoms with Gasteiger partial charge in [0.2, 0.25) is 0 Å². The molecule has 8 heteroatoms. The number of carbonyl (C=O) groups excluding carboxylic acids is 1. The molecular weight excluding hydrogens is 414 g/mol. The average molecular weight is 443 g/mol. The highest BCUT2D eigenvalue weighted by Crippen LogP contribution is 2.47. The van der Waals surface area contributed by atoms with Crippen molar-refractivity contribution in [1.29, 1.82) is 0 Å². The molecule has 1 aliphatic carbocycles. The highest BCUT2D eigenvalue weighted by Gasteiger charge is 2.39. The summed E-state index contributed by atoms with van der Waals surface area (Å²) in [4.78, 5) is 23.4. The number of nitrogens with zero attached hydrogens (tertiary/aromatic N) is 3. The Morgan fingerprint density at radius 2 is 2.00 bits per heavy atom. The van der Waals surface area contributed by atoms with Crippen LogP contribution in [0.2, 0.25) is 0 Å². The maximum Gasteiger partial charge on any atom is 0.413 e. The molecule has 4 heterocycles. The minimum absolute atomic E-state index is 0.0530. The number of rotatable bonds is 4. The Balaban J connectivity index is 1.60. The predicted molar refractivity (Wildman–Crippen MR) is 118 cm³/mol. The number of fused-ring (bicyclic) bond motifs is 1. The molecule has 1 saturated heterocycles. The van der Waals surface area contributed by atoms with Crippen molar-refractivity contribution in [2.45, 2.75) is 52.1 Å². The number of alkyl halides is 2. The van der Waals surface area contributed by atoms with Gasteiger partial charge in [-0.25, -0.2) is 23.5 Å². The summed E-state index contributed by atoms with van der Waals surface area (Å²) in [6.07, 6.45) is 2.04. The number of aromatic nitrogens is 2. The van der Waals surface area contributed by atoms with Gasteiger partial charge in [-0.15, -0.1) is 0 Å². The lowest BCUT2D eigenvalue weighted by atomic mass is 9.77. The zero-order valence-corrected chi connectivity index (χ0v) is 18.4. The first-order chi connectivity index (χ1) is 15.4. The Morgan fingerprint density at radius 1 is 1.19 bits per heavy atom. The van der Waals surface area contributed by atoms with Gasteiger partial charge in [0.15, 0.2) is 0 Å². The van der Waals surface area contributed by atoms with Gasteiger partial charge in [0.05, 0.1) is 5.69 Å². The summed E-state index contributed by atoms with van der Waals surface area (Å²) < 4.78 is 33.4. The van der Waals surface area contributed by atoms with Crippen molar-refractivity contribution in [2.75, 3.05) is 23.3 Å². The number of anilines is 2. The van der Waals surface area contributed by atoms with Crippen LogP contribution in [0.4, 0.5) is 25.2 Å². The van der Waals surface area contributed by atoms with Crippen molar-refractivity contribution in [2.24, 2.45) is 17.8 Å². The lowest BCUT2D eigenvalue weighted by Gasteiger charge is -2.37. The second kappa shape index (κ2) is 8.30. The summed E-state index contributed by atoms with van der Waals surface area (Å²) in [5.74, 6) is 2.28. The number of amides is 1. The maximum atomic E-state index is 13.9. The second-order valence-electron chi connectivity index (χ2n) is 9.40. The molecule has 6 nitrogen and oxygen atoms in total. The van der Waals surface area contributed by atoms with E-state index in [1.54, 1.807) is 12.3 Å². The molecule has 2 aromatic heterocycles. The molecule has 0 bridgehead atoms. The minimum atomic E-state index is -2.60. The van der Waals surface area contributed by atoms with Gasteiger partial charge in [-0.05, 0) is 49.3 Å². The van der Waals surface area contributed by atoms with Gasteiger partial charge in [0.1, 0.15) is 17.7 Å². The van der Waals surface area contributed by atoms with E-state index >= 15 is 0 Å². The first-order valence-electron chi connectivity index (χ1n) is 11.4. The molecule has 0 aromatic carbocycles. The van der Waals surface area contributed by atoms with E-state index in [4.69, 9.17) is 9.72 Å². The molecular formula is C24H28F2N4O2. The average Bonchev–Trinajstić information content (AvgIpc) is 2.73. The molecule has 1 amide bonds. The fourth-order valence-corrected chi connectivity index (χ4v) is 4.89. The fourth-order valence-electron chi connectivity index (χ4n) is 4.89. The quantitative estimate of drug-likeness (QED) is 0.632. The fraction of sp³-hybridized carbons (Fsp3) is 0.542. The molecule has 0 spiro atoms. The zero-order chi connectivity index (χ0) is 22.4. The summed E-state index contributed by atoms with van der Waals surface area (Å²) in [7, 11) is 0. The molecule has 3 aliphatic rings. The molecule has 1 saturated carbocycles. The number of ether oxygens (including phenoxy) is 1. The Hall–Kier alpha value is -2.77. The van der Waals surface area contributed by atoms with Gasteiger partial charge in [-0.2, -0.15) is 0 Å². The Labute approximate surface area is 186 Å². The summed E-state index contributed by atoms with van der Waals surface area (Å²) in [5, 5.41) is 2.67. The van der Waals surface area contributed by atoms with Crippen molar-refractivity contribution in [3.63, 3.8) is 0 Å². The highest BCUT2D eigenvalue weighted by molar-refractivity contribution is 5.89. The monoisotopic (exact) mass is 442 g/mol. The number of hydrogen-bond donors (Lipinski definition) is 1. The SMILES string of the molecule is CC1CCN(c2cc(C(F)F)cc(-c3ccnc4c3C(C3CCC3)OC(=O)N4)n2)C[C@@H]1C. The third-order valence-electron chi connectivity index (χ3n) is 7.33. The first-order valence-corrected chi connectivity index (χ1v) is 11.4. The van der Waals surface area contributed by atoms with E-state index in [1.165, 1.54) is 12.1 Å². The first kappa shape index (κ1) is 21.1. The van der Waals surface area contributed by atoms with E-state index in [-0.39, 0.29) is 11.5 Å². The molecule has 1 N–H and O–H groups in total. The van der Waals surface area contributed by atoms with Crippen LogP contribution in [0.5, 0.6) is 0 Å². The van der Waals surface area contributed by atoms with Gasteiger partial charge in [0.25, 0.3) is 6.43 Å². The van der Waals surface area contributed by atoms with E-state index in [0.717, 1.165) is 44.3 Å². The lowest BCUT2D eigenvalue weighted by Crippen LogP contribution is -2.39. The molecule has 32 heavy (non-hydrogen) atoms. The Bertz CT molecular complexity index is 1030. The van der Waals surface area contributed by atoms with Crippen LogP contribution in [0.3, 0.4) is 0 Å². The number of hydrogen-bond acceptors (Lipinski definition) is 5. The van der Waals surface area contributed by atoms with E-state index in [1.807, 2.05) is 0 Å². The van der Waals surface area contributed by atoms with Gasteiger partial charge >= 0.3 is 6.09 Å². The zero-order valence-electron chi connectivity index (χ0n) is 18.4. The molecule has 3 atom stereocenters. The molecule has 2 aliphatic heterocycles. The van der Waals surface area contributed by atoms with Crippen LogP contribution >= 0.6 is 0 Å². The molecule has 2 unspecified atom stereocenters. The lowest BCUT2D eigenvalue weighted by molar-refractivity contribution is 0.0363. The minimum Gasteiger partial charge on any atom is -0.441 e. The normalized spacial score (nSPS) is 25.7. The summed E-state index contributed by atoms with van der Waals surface area (Å²) >= 11 is 0.